The van der Waals surface area contributed by atoms with Gasteiger partial charge in [-0.25, -0.2) is 8.42 Å². The zero-order valence-corrected chi connectivity index (χ0v) is 25.1. The second kappa shape index (κ2) is 13.1. The molecule has 3 rings (SSSR count). The number of halogens is 1. The number of hydrogen-bond acceptors (Lipinski definition) is 5. The Morgan fingerprint density at radius 3 is 2.26 bits per heavy atom. The highest BCUT2D eigenvalue weighted by Crippen LogP contribution is 2.32. The summed E-state index contributed by atoms with van der Waals surface area (Å²) in [5.41, 5.74) is 1.90. The second-order valence-electron chi connectivity index (χ2n) is 9.49. The van der Waals surface area contributed by atoms with E-state index < -0.39 is 28.5 Å². The van der Waals surface area contributed by atoms with Gasteiger partial charge in [-0.3, -0.25) is 13.9 Å². The van der Waals surface area contributed by atoms with Crippen LogP contribution in [0.1, 0.15) is 31.9 Å². The number of aryl methyl sites for hydroxylation is 1. The first-order chi connectivity index (χ1) is 18.4. The molecule has 10 heteroatoms. The molecular weight excluding hydrogens is 582 g/mol. The number of nitrogens with zero attached hydrogens (tertiary/aromatic N) is 2. The molecule has 8 nitrogen and oxygen atoms in total. The Bertz CT molecular complexity index is 1410. The van der Waals surface area contributed by atoms with Crippen LogP contribution in [-0.2, 0) is 26.2 Å². The maximum absolute atomic E-state index is 14.0. The van der Waals surface area contributed by atoms with Crippen molar-refractivity contribution in [2.45, 2.75) is 51.2 Å². The SMILES string of the molecule is COc1ccccc1N(CC(=O)N(Cc1cccc(Br)c1)[C@@H](C)C(=O)NC(C)C)S(=O)(=O)c1ccc(C)cc1. The largest absolute Gasteiger partial charge is 0.495 e. The van der Waals surface area contributed by atoms with E-state index in [1.807, 2.05) is 45.0 Å². The number of benzene rings is 3. The Morgan fingerprint density at radius 1 is 0.974 bits per heavy atom. The van der Waals surface area contributed by atoms with Gasteiger partial charge in [0.1, 0.15) is 18.3 Å². The quantitative estimate of drug-likeness (QED) is 0.331. The summed E-state index contributed by atoms with van der Waals surface area (Å²) in [4.78, 5) is 28.4. The van der Waals surface area contributed by atoms with Crippen molar-refractivity contribution in [3.63, 3.8) is 0 Å². The summed E-state index contributed by atoms with van der Waals surface area (Å²) < 4.78 is 35.2. The first-order valence-corrected chi connectivity index (χ1v) is 14.7. The molecule has 0 saturated carbocycles. The van der Waals surface area contributed by atoms with E-state index in [0.29, 0.717) is 5.75 Å². The van der Waals surface area contributed by atoms with Gasteiger partial charge in [0.2, 0.25) is 11.8 Å². The van der Waals surface area contributed by atoms with E-state index >= 15 is 0 Å². The average Bonchev–Trinajstić information content (AvgIpc) is 2.89. The van der Waals surface area contributed by atoms with Gasteiger partial charge in [-0.15, -0.1) is 0 Å². The Morgan fingerprint density at radius 2 is 1.64 bits per heavy atom. The first-order valence-electron chi connectivity index (χ1n) is 12.5. The van der Waals surface area contributed by atoms with Gasteiger partial charge in [-0.2, -0.15) is 0 Å². The monoisotopic (exact) mass is 615 g/mol. The number of anilines is 1. The number of para-hydroxylation sites is 2. The Labute approximate surface area is 239 Å². The maximum Gasteiger partial charge on any atom is 0.264 e. The van der Waals surface area contributed by atoms with Crippen molar-refractivity contribution >= 4 is 43.5 Å². The number of methoxy groups -OCH3 is 1. The molecule has 0 bridgehead atoms. The van der Waals surface area contributed by atoms with Crippen molar-refractivity contribution in [3.05, 3.63) is 88.4 Å². The third-order valence-electron chi connectivity index (χ3n) is 6.08. The van der Waals surface area contributed by atoms with E-state index in [1.165, 1.54) is 24.1 Å². The molecule has 0 aromatic heterocycles. The number of carbonyl (C=O) groups is 2. The second-order valence-corrected chi connectivity index (χ2v) is 12.3. The van der Waals surface area contributed by atoms with Crippen LogP contribution in [0.3, 0.4) is 0 Å². The molecule has 0 heterocycles. The molecule has 0 aliphatic rings. The molecule has 1 atom stereocenters. The van der Waals surface area contributed by atoms with Crippen molar-refractivity contribution in [1.29, 1.82) is 0 Å². The van der Waals surface area contributed by atoms with E-state index in [-0.39, 0.29) is 29.1 Å². The minimum Gasteiger partial charge on any atom is -0.495 e. The van der Waals surface area contributed by atoms with Gasteiger partial charge < -0.3 is 15.0 Å². The zero-order valence-electron chi connectivity index (χ0n) is 22.7. The number of rotatable bonds is 11. The van der Waals surface area contributed by atoms with E-state index in [0.717, 1.165) is 19.9 Å². The highest BCUT2D eigenvalue weighted by molar-refractivity contribution is 9.10. The summed E-state index contributed by atoms with van der Waals surface area (Å²) in [6.07, 6.45) is 0. The molecule has 0 aliphatic heterocycles. The van der Waals surface area contributed by atoms with Gasteiger partial charge in [0, 0.05) is 17.1 Å². The van der Waals surface area contributed by atoms with Crippen LogP contribution in [-0.4, -0.2) is 50.9 Å². The molecule has 0 saturated heterocycles. The van der Waals surface area contributed by atoms with Crippen LogP contribution < -0.4 is 14.4 Å². The summed E-state index contributed by atoms with van der Waals surface area (Å²) in [6, 6.07) is 19.5. The van der Waals surface area contributed by atoms with Gasteiger partial charge in [0.05, 0.1) is 17.7 Å². The minimum absolute atomic E-state index is 0.0379. The van der Waals surface area contributed by atoms with Gasteiger partial charge >= 0.3 is 0 Å². The number of carbonyl (C=O) groups excluding carboxylic acids is 2. The molecule has 208 valence electrons. The lowest BCUT2D eigenvalue weighted by Gasteiger charge is -2.32. The fourth-order valence-electron chi connectivity index (χ4n) is 4.01. The van der Waals surface area contributed by atoms with Crippen LogP contribution in [0.25, 0.3) is 0 Å². The summed E-state index contributed by atoms with van der Waals surface area (Å²) in [5, 5.41) is 2.85. The molecule has 0 fully saturated rings. The summed E-state index contributed by atoms with van der Waals surface area (Å²) >= 11 is 3.45. The summed E-state index contributed by atoms with van der Waals surface area (Å²) in [6.45, 7) is 6.74. The van der Waals surface area contributed by atoms with E-state index in [1.54, 1.807) is 43.3 Å². The molecule has 39 heavy (non-hydrogen) atoms. The van der Waals surface area contributed by atoms with Gasteiger partial charge in [-0.1, -0.05) is 57.9 Å². The van der Waals surface area contributed by atoms with Crippen LogP contribution in [0.2, 0.25) is 0 Å². The van der Waals surface area contributed by atoms with Crippen LogP contribution in [0.15, 0.2) is 82.2 Å². The zero-order chi connectivity index (χ0) is 28.7. The number of amides is 2. The summed E-state index contributed by atoms with van der Waals surface area (Å²) in [7, 11) is -2.74. The highest BCUT2D eigenvalue weighted by atomic mass is 79.9. The standard InChI is InChI=1S/C29H34BrN3O5S/c1-20(2)31-29(35)22(4)32(18-23-9-8-10-24(30)17-23)28(34)19-33(26-11-6-7-12-27(26)38-5)39(36,37)25-15-13-21(3)14-16-25/h6-17,20,22H,18-19H2,1-5H3,(H,31,35)/t22-/m0/s1. The van der Waals surface area contributed by atoms with Crippen molar-refractivity contribution < 1.29 is 22.7 Å². The fraction of sp³-hybridized carbons (Fsp3) is 0.310. The first kappa shape index (κ1) is 30.2. The number of hydrogen-bond donors (Lipinski definition) is 1. The highest BCUT2D eigenvalue weighted by Gasteiger charge is 2.33. The van der Waals surface area contributed by atoms with Crippen LogP contribution in [0.4, 0.5) is 5.69 Å². The summed E-state index contributed by atoms with van der Waals surface area (Å²) in [5.74, 6) is -0.577. The maximum atomic E-state index is 14.0. The molecular formula is C29H34BrN3O5S. The minimum atomic E-state index is -4.18. The van der Waals surface area contributed by atoms with Gasteiger partial charge in [0.15, 0.2) is 0 Å². The van der Waals surface area contributed by atoms with Crippen molar-refractivity contribution in [1.82, 2.24) is 10.2 Å². The topological polar surface area (TPSA) is 96.0 Å². The number of sulfonamides is 1. The Kier molecular flexibility index (Phi) is 10.2. The Hall–Kier alpha value is -3.37. The molecule has 0 radical (unpaired) electrons. The lowest BCUT2D eigenvalue weighted by Crippen LogP contribution is -2.52. The molecule has 1 N–H and O–H groups in total. The third-order valence-corrected chi connectivity index (χ3v) is 8.35. The van der Waals surface area contributed by atoms with Crippen LogP contribution in [0, 0.1) is 6.92 Å². The van der Waals surface area contributed by atoms with Gasteiger partial charge in [0.25, 0.3) is 10.0 Å². The molecule has 0 aliphatic carbocycles. The van der Waals surface area contributed by atoms with Crippen molar-refractivity contribution in [2.75, 3.05) is 18.0 Å². The lowest BCUT2D eigenvalue weighted by atomic mass is 10.1. The average molecular weight is 617 g/mol. The Balaban J connectivity index is 2.07. The molecule has 3 aromatic rings. The fourth-order valence-corrected chi connectivity index (χ4v) is 5.88. The van der Waals surface area contributed by atoms with E-state index in [2.05, 4.69) is 21.2 Å². The predicted molar refractivity (Wildman–Crippen MR) is 156 cm³/mol. The molecule has 0 spiro atoms. The molecule has 2 amide bonds. The van der Waals surface area contributed by atoms with Crippen molar-refractivity contribution in [3.8, 4) is 5.75 Å². The third kappa shape index (κ3) is 7.60. The predicted octanol–water partition coefficient (Wildman–Crippen LogP) is 4.90. The van der Waals surface area contributed by atoms with Crippen molar-refractivity contribution in [2.24, 2.45) is 0 Å². The van der Waals surface area contributed by atoms with E-state index in [4.69, 9.17) is 4.74 Å². The number of nitrogens with one attached hydrogen (secondary N) is 1. The molecule has 0 unspecified atom stereocenters. The smallest absolute Gasteiger partial charge is 0.264 e. The molecule has 3 aromatic carbocycles. The van der Waals surface area contributed by atoms with Crippen LogP contribution >= 0.6 is 15.9 Å². The number of ether oxygens (including phenoxy) is 1. The normalized spacial score (nSPS) is 12.1. The van der Waals surface area contributed by atoms with E-state index in [9.17, 15) is 18.0 Å². The van der Waals surface area contributed by atoms with Gasteiger partial charge in [-0.05, 0) is 69.7 Å². The van der Waals surface area contributed by atoms with Crippen LogP contribution in [0.5, 0.6) is 5.75 Å². The lowest BCUT2D eigenvalue weighted by molar-refractivity contribution is -0.139.